The van der Waals surface area contributed by atoms with Crippen LogP contribution in [0.1, 0.15) is 53.6 Å². The molecule has 1 unspecified atom stereocenters. The molecule has 4 rings (SSSR count). The summed E-state index contributed by atoms with van der Waals surface area (Å²) in [4.78, 5) is 14.7. The average molecular weight is 344 g/mol. The standard InChI is InChI=1S/C18H24N4OS/c23-18(16-10-20-22(12-16)17-2-1-6-19-11-17)21-7-3-14(4-8-21)15-5-9-24-13-15/h5,9-10,12-14,17,19H,1-4,6-8,11H2. The van der Waals surface area contributed by atoms with E-state index in [0.717, 1.165) is 51.0 Å². The van der Waals surface area contributed by atoms with Gasteiger partial charge in [-0.2, -0.15) is 16.4 Å². The van der Waals surface area contributed by atoms with Crippen molar-refractivity contribution in [1.29, 1.82) is 0 Å². The Kier molecular flexibility index (Phi) is 4.67. The van der Waals surface area contributed by atoms with E-state index in [0.29, 0.717) is 12.0 Å². The van der Waals surface area contributed by atoms with Gasteiger partial charge >= 0.3 is 0 Å². The fraction of sp³-hybridized carbons (Fsp3) is 0.556. The molecule has 0 bridgehead atoms. The summed E-state index contributed by atoms with van der Waals surface area (Å²) in [5.41, 5.74) is 2.17. The van der Waals surface area contributed by atoms with Gasteiger partial charge in [-0.05, 0) is 60.5 Å². The molecule has 2 saturated heterocycles. The van der Waals surface area contributed by atoms with Crippen molar-refractivity contribution in [3.05, 3.63) is 40.3 Å². The van der Waals surface area contributed by atoms with E-state index in [9.17, 15) is 4.79 Å². The van der Waals surface area contributed by atoms with E-state index in [1.54, 1.807) is 17.5 Å². The van der Waals surface area contributed by atoms with Crippen LogP contribution in [0.2, 0.25) is 0 Å². The minimum Gasteiger partial charge on any atom is -0.339 e. The number of amides is 1. The van der Waals surface area contributed by atoms with Crippen LogP contribution >= 0.6 is 11.3 Å². The molecule has 128 valence electrons. The molecule has 2 aliphatic heterocycles. The predicted octanol–water partition coefficient (Wildman–Crippen LogP) is 2.89. The molecule has 24 heavy (non-hydrogen) atoms. The van der Waals surface area contributed by atoms with Crippen molar-refractivity contribution in [3.8, 4) is 0 Å². The van der Waals surface area contributed by atoms with Gasteiger partial charge in [0.2, 0.25) is 0 Å². The first kappa shape index (κ1) is 15.8. The van der Waals surface area contributed by atoms with Crippen LogP contribution < -0.4 is 5.32 Å². The molecule has 0 aliphatic carbocycles. The van der Waals surface area contributed by atoms with E-state index >= 15 is 0 Å². The van der Waals surface area contributed by atoms with Crippen molar-refractivity contribution in [1.82, 2.24) is 20.0 Å². The summed E-state index contributed by atoms with van der Waals surface area (Å²) in [5, 5.41) is 12.2. The third-order valence-corrected chi connectivity index (χ3v) is 5.99. The van der Waals surface area contributed by atoms with Crippen molar-refractivity contribution in [2.24, 2.45) is 0 Å². The van der Waals surface area contributed by atoms with Crippen LogP contribution in [0.5, 0.6) is 0 Å². The maximum atomic E-state index is 12.7. The number of carbonyl (C=O) groups is 1. The zero-order valence-corrected chi connectivity index (χ0v) is 14.7. The highest BCUT2D eigenvalue weighted by Crippen LogP contribution is 2.30. The Morgan fingerprint density at radius 1 is 1.29 bits per heavy atom. The van der Waals surface area contributed by atoms with Crippen LogP contribution in [0.3, 0.4) is 0 Å². The normalized spacial score (nSPS) is 22.7. The van der Waals surface area contributed by atoms with Gasteiger partial charge in [0.1, 0.15) is 0 Å². The lowest BCUT2D eigenvalue weighted by atomic mass is 9.91. The first-order valence-electron chi connectivity index (χ1n) is 8.87. The molecule has 2 aromatic rings. The van der Waals surface area contributed by atoms with Crippen LogP contribution in [0.25, 0.3) is 0 Å². The van der Waals surface area contributed by atoms with Gasteiger partial charge in [0.05, 0.1) is 17.8 Å². The van der Waals surface area contributed by atoms with E-state index < -0.39 is 0 Å². The molecule has 2 aliphatic rings. The molecule has 0 saturated carbocycles. The van der Waals surface area contributed by atoms with Gasteiger partial charge < -0.3 is 10.2 Å². The topological polar surface area (TPSA) is 50.2 Å². The number of likely N-dealkylation sites (tertiary alicyclic amines) is 1. The van der Waals surface area contributed by atoms with Gasteiger partial charge in [-0.15, -0.1) is 0 Å². The maximum absolute atomic E-state index is 12.7. The number of nitrogens with one attached hydrogen (secondary N) is 1. The number of hydrogen-bond donors (Lipinski definition) is 1. The second-order valence-electron chi connectivity index (χ2n) is 6.83. The molecule has 4 heterocycles. The Labute approximate surface area is 146 Å². The molecule has 2 aromatic heterocycles. The second-order valence-corrected chi connectivity index (χ2v) is 7.61. The van der Waals surface area contributed by atoms with E-state index in [-0.39, 0.29) is 5.91 Å². The lowest BCUT2D eigenvalue weighted by Gasteiger charge is -2.31. The molecular weight excluding hydrogens is 320 g/mol. The molecule has 0 radical (unpaired) electrons. The Balaban J connectivity index is 1.37. The van der Waals surface area contributed by atoms with Crippen LogP contribution in [0.4, 0.5) is 0 Å². The molecule has 1 atom stereocenters. The smallest absolute Gasteiger partial charge is 0.257 e. The van der Waals surface area contributed by atoms with E-state index in [4.69, 9.17) is 0 Å². The van der Waals surface area contributed by atoms with Crippen molar-refractivity contribution >= 4 is 17.2 Å². The summed E-state index contributed by atoms with van der Waals surface area (Å²) in [7, 11) is 0. The third kappa shape index (κ3) is 3.26. The van der Waals surface area contributed by atoms with Crippen molar-refractivity contribution in [2.45, 2.75) is 37.6 Å². The molecule has 1 amide bonds. The highest BCUT2D eigenvalue weighted by molar-refractivity contribution is 7.07. The maximum Gasteiger partial charge on any atom is 0.257 e. The Hall–Kier alpha value is -1.66. The summed E-state index contributed by atoms with van der Waals surface area (Å²) in [6, 6.07) is 2.60. The van der Waals surface area contributed by atoms with Crippen LogP contribution in [-0.4, -0.2) is 46.8 Å². The Bertz CT molecular complexity index is 667. The number of nitrogens with zero attached hydrogens (tertiary/aromatic N) is 3. The number of rotatable bonds is 3. The molecular formula is C18H24N4OS. The fourth-order valence-corrected chi connectivity index (χ4v) is 4.56. The van der Waals surface area contributed by atoms with Crippen LogP contribution in [-0.2, 0) is 0 Å². The first-order chi connectivity index (χ1) is 11.8. The molecule has 5 nitrogen and oxygen atoms in total. The van der Waals surface area contributed by atoms with Crippen LogP contribution in [0.15, 0.2) is 29.2 Å². The summed E-state index contributed by atoms with van der Waals surface area (Å²) >= 11 is 1.76. The number of piperidine rings is 2. The van der Waals surface area contributed by atoms with Gasteiger partial charge in [0.15, 0.2) is 0 Å². The SMILES string of the molecule is O=C(c1cnn(C2CCCNC2)c1)N1CCC(c2ccsc2)CC1. The zero-order valence-electron chi connectivity index (χ0n) is 13.9. The highest BCUT2D eigenvalue weighted by Gasteiger charge is 2.26. The van der Waals surface area contributed by atoms with Crippen molar-refractivity contribution in [2.75, 3.05) is 26.2 Å². The van der Waals surface area contributed by atoms with Crippen molar-refractivity contribution < 1.29 is 4.79 Å². The minimum atomic E-state index is 0.133. The lowest BCUT2D eigenvalue weighted by molar-refractivity contribution is 0.0713. The largest absolute Gasteiger partial charge is 0.339 e. The third-order valence-electron chi connectivity index (χ3n) is 5.29. The minimum absolute atomic E-state index is 0.133. The molecule has 0 spiro atoms. The number of thiophene rings is 1. The van der Waals surface area contributed by atoms with E-state index in [1.807, 2.05) is 15.8 Å². The first-order valence-corrected chi connectivity index (χ1v) is 9.82. The molecule has 1 N–H and O–H groups in total. The number of aromatic nitrogens is 2. The zero-order chi connectivity index (χ0) is 16.4. The van der Waals surface area contributed by atoms with Gasteiger partial charge in [0, 0.05) is 25.8 Å². The highest BCUT2D eigenvalue weighted by atomic mass is 32.1. The Morgan fingerprint density at radius 3 is 2.88 bits per heavy atom. The lowest BCUT2D eigenvalue weighted by Crippen LogP contribution is -2.37. The summed E-state index contributed by atoms with van der Waals surface area (Å²) < 4.78 is 1.97. The van der Waals surface area contributed by atoms with Gasteiger partial charge in [-0.25, -0.2) is 0 Å². The second kappa shape index (κ2) is 7.07. The van der Waals surface area contributed by atoms with Crippen molar-refractivity contribution in [3.63, 3.8) is 0 Å². The van der Waals surface area contributed by atoms with Gasteiger partial charge in [-0.3, -0.25) is 9.48 Å². The quantitative estimate of drug-likeness (QED) is 0.931. The van der Waals surface area contributed by atoms with Crippen LogP contribution in [0, 0.1) is 0 Å². The monoisotopic (exact) mass is 344 g/mol. The predicted molar refractivity (Wildman–Crippen MR) is 95.6 cm³/mol. The molecule has 2 fully saturated rings. The van der Waals surface area contributed by atoms with Gasteiger partial charge in [-0.1, -0.05) is 0 Å². The summed E-state index contributed by atoms with van der Waals surface area (Å²) in [5.74, 6) is 0.741. The van der Waals surface area contributed by atoms with E-state index in [1.165, 1.54) is 12.0 Å². The van der Waals surface area contributed by atoms with E-state index in [2.05, 4.69) is 27.2 Å². The Morgan fingerprint density at radius 2 is 2.17 bits per heavy atom. The molecule has 6 heteroatoms. The summed E-state index contributed by atoms with van der Waals surface area (Å²) in [6.45, 7) is 3.72. The summed E-state index contributed by atoms with van der Waals surface area (Å²) in [6.07, 6.45) is 8.09. The average Bonchev–Trinajstić information content (AvgIpc) is 3.34. The number of carbonyl (C=O) groups excluding carboxylic acids is 1. The number of hydrogen-bond acceptors (Lipinski definition) is 4. The van der Waals surface area contributed by atoms with Gasteiger partial charge in [0.25, 0.3) is 5.91 Å². The molecule has 0 aromatic carbocycles. The fourth-order valence-electron chi connectivity index (χ4n) is 3.81.